The van der Waals surface area contributed by atoms with Crippen molar-refractivity contribution in [2.75, 3.05) is 6.54 Å². The number of rotatable bonds is 6. The van der Waals surface area contributed by atoms with Crippen LogP contribution in [0.2, 0.25) is 0 Å². The molecule has 84 valence electrons. The topological polar surface area (TPSA) is 42.7 Å². The summed E-state index contributed by atoms with van der Waals surface area (Å²) in [6.45, 7) is 3.44. The van der Waals surface area contributed by atoms with E-state index in [2.05, 4.69) is 22.3 Å². The minimum Gasteiger partial charge on any atom is -0.314 e. The van der Waals surface area contributed by atoms with Gasteiger partial charge < -0.3 is 5.32 Å². The maximum absolute atomic E-state index is 4.23. The van der Waals surface area contributed by atoms with Gasteiger partial charge in [0.25, 0.3) is 0 Å². The van der Waals surface area contributed by atoms with E-state index in [0.29, 0.717) is 0 Å². The van der Waals surface area contributed by atoms with E-state index in [0.717, 1.165) is 30.7 Å². The summed E-state index contributed by atoms with van der Waals surface area (Å²) >= 11 is 0. The third-order valence-corrected chi connectivity index (χ3v) is 3.00. The molecule has 4 heteroatoms. The van der Waals surface area contributed by atoms with Crippen molar-refractivity contribution in [3.8, 4) is 0 Å². The molecular formula is C11H20N4. The molecule has 1 aliphatic carbocycles. The summed E-state index contributed by atoms with van der Waals surface area (Å²) in [5, 5.41) is 7.63. The second-order valence-corrected chi connectivity index (χ2v) is 4.63. The Morgan fingerprint density at radius 3 is 3.00 bits per heavy atom. The molecule has 0 amide bonds. The number of aromatic nitrogens is 3. The molecule has 1 heterocycles. The van der Waals surface area contributed by atoms with Crippen LogP contribution in [0.3, 0.4) is 0 Å². The van der Waals surface area contributed by atoms with Gasteiger partial charge in [-0.3, -0.25) is 4.68 Å². The first-order valence-corrected chi connectivity index (χ1v) is 5.82. The van der Waals surface area contributed by atoms with Crippen LogP contribution in [0, 0.1) is 5.92 Å². The van der Waals surface area contributed by atoms with Crippen molar-refractivity contribution in [2.24, 2.45) is 13.0 Å². The van der Waals surface area contributed by atoms with Gasteiger partial charge in [-0.1, -0.05) is 6.92 Å². The fraction of sp³-hybridized carbons (Fsp3) is 0.818. The Morgan fingerprint density at radius 2 is 2.40 bits per heavy atom. The van der Waals surface area contributed by atoms with Crippen molar-refractivity contribution in [3.63, 3.8) is 0 Å². The molecular weight excluding hydrogens is 188 g/mol. The van der Waals surface area contributed by atoms with Crippen molar-refractivity contribution in [2.45, 2.75) is 38.6 Å². The van der Waals surface area contributed by atoms with Crippen LogP contribution in [0.4, 0.5) is 0 Å². The molecule has 0 saturated heterocycles. The van der Waals surface area contributed by atoms with E-state index >= 15 is 0 Å². The first kappa shape index (κ1) is 10.6. The van der Waals surface area contributed by atoms with E-state index in [1.165, 1.54) is 19.3 Å². The van der Waals surface area contributed by atoms with Crippen molar-refractivity contribution < 1.29 is 0 Å². The molecule has 1 aliphatic rings. The highest BCUT2D eigenvalue weighted by Gasteiger charge is 2.20. The Hall–Kier alpha value is -0.900. The number of nitrogens with zero attached hydrogens (tertiary/aromatic N) is 3. The predicted octanol–water partition coefficient (Wildman–Crippen LogP) is 1.14. The van der Waals surface area contributed by atoms with E-state index < -0.39 is 0 Å². The van der Waals surface area contributed by atoms with Gasteiger partial charge in [0.1, 0.15) is 12.2 Å². The molecule has 1 saturated carbocycles. The molecule has 0 radical (unpaired) electrons. The molecule has 1 fully saturated rings. The highest BCUT2D eigenvalue weighted by molar-refractivity contribution is 4.85. The third kappa shape index (κ3) is 3.30. The number of hydrogen-bond donors (Lipinski definition) is 1. The monoisotopic (exact) mass is 208 g/mol. The SMILES string of the molecule is CC(CCc1ncnn1C)CNC1CC1. The van der Waals surface area contributed by atoms with Crippen LogP contribution in [-0.4, -0.2) is 27.4 Å². The lowest BCUT2D eigenvalue weighted by Gasteiger charge is -2.11. The van der Waals surface area contributed by atoms with Crippen molar-refractivity contribution in [3.05, 3.63) is 12.2 Å². The zero-order chi connectivity index (χ0) is 10.7. The van der Waals surface area contributed by atoms with Gasteiger partial charge in [0.05, 0.1) is 0 Å². The number of aryl methyl sites for hydroxylation is 2. The predicted molar refractivity (Wildman–Crippen MR) is 59.5 cm³/mol. The summed E-state index contributed by atoms with van der Waals surface area (Å²) in [5.74, 6) is 1.82. The molecule has 1 atom stereocenters. The molecule has 1 aromatic heterocycles. The van der Waals surface area contributed by atoms with Crippen LogP contribution >= 0.6 is 0 Å². The Kier molecular flexibility index (Phi) is 3.36. The maximum Gasteiger partial charge on any atom is 0.138 e. The minimum absolute atomic E-state index is 0.724. The van der Waals surface area contributed by atoms with Crippen LogP contribution < -0.4 is 5.32 Å². The fourth-order valence-electron chi connectivity index (χ4n) is 1.68. The van der Waals surface area contributed by atoms with Crippen LogP contribution in [0.1, 0.15) is 32.0 Å². The van der Waals surface area contributed by atoms with E-state index in [9.17, 15) is 0 Å². The number of hydrogen-bond acceptors (Lipinski definition) is 3. The lowest BCUT2D eigenvalue weighted by Crippen LogP contribution is -2.23. The van der Waals surface area contributed by atoms with E-state index in [1.807, 2.05) is 11.7 Å². The van der Waals surface area contributed by atoms with Gasteiger partial charge in [-0.15, -0.1) is 0 Å². The molecule has 0 spiro atoms. The first-order valence-electron chi connectivity index (χ1n) is 5.82. The highest BCUT2D eigenvalue weighted by atomic mass is 15.3. The van der Waals surface area contributed by atoms with Gasteiger partial charge in [-0.25, -0.2) is 4.98 Å². The maximum atomic E-state index is 4.23. The normalized spacial score (nSPS) is 18.0. The minimum atomic E-state index is 0.724. The first-order chi connectivity index (χ1) is 7.25. The van der Waals surface area contributed by atoms with Gasteiger partial charge in [-0.2, -0.15) is 5.10 Å². The molecule has 2 rings (SSSR count). The summed E-state index contributed by atoms with van der Waals surface area (Å²) < 4.78 is 1.86. The molecule has 0 aromatic carbocycles. The van der Waals surface area contributed by atoms with Gasteiger partial charge in [-0.05, 0) is 31.7 Å². The van der Waals surface area contributed by atoms with Crippen molar-refractivity contribution >= 4 is 0 Å². The van der Waals surface area contributed by atoms with Crippen LogP contribution in [0.15, 0.2) is 6.33 Å². The molecule has 1 unspecified atom stereocenters. The number of nitrogens with one attached hydrogen (secondary N) is 1. The summed E-state index contributed by atoms with van der Waals surface area (Å²) in [7, 11) is 1.95. The molecule has 1 aromatic rings. The summed E-state index contributed by atoms with van der Waals surface area (Å²) in [6, 6.07) is 0.822. The molecule has 15 heavy (non-hydrogen) atoms. The highest BCUT2D eigenvalue weighted by Crippen LogP contribution is 2.19. The van der Waals surface area contributed by atoms with Crippen LogP contribution in [0.25, 0.3) is 0 Å². The largest absolute Gasteiger partial charge is 0.314 e. The van der Waals surface area contributed by atoms with Gasteiger partial charge in [0.15, 0.2) is 0 Å². The second-order valence-electron chi connectivity index (χ2n) is 4.63. The van der Waals surface area contributed by atoms with Crippen molar-refractivity contribution in [1.82, 2.24) is 20.1 Å². The zero-order valence-corrected chi connectivity index (χ0v) is 9.61. The smallest absolute Gasteiger partial charge is 0.138 e. The molecule has 4 nitrogen and oxygen atoms in total. The molecule has 0 bridgehead atoms. The molecule has 0 aliphatic heterocycles. The quantitative estimate of drug-likeness (QED) is 0.762. The van der Waals surface area contributed by atoms with Crippen LogP contribution in [-0.2, 0) is 13.5 Å². The lowest BCUT2D eigenvalue weighted by molar-refractivity contribution is 0.470. The summed E-state index contributed by atoms with van der Waals surface area (Å²) in [4.78, 5) is 4.23. The van der Waals surface area contributed by atoms with Gasteiger partial charge >= 0.3 is 0 Å². The lowest BCUT2D eigenvalue weighted by atomic mass is 10.1. The van der Waals surface area contributed by atoms with Crippen LogP contribution in [0.5, 0.6) is 0 Å². The van der Waals surface area contributed by atoms with Gasteiger partial charge in [0, 0.05) is 19.5 Å². The Morgan fingerprint density at radius 1 is 1.60 bits per heavy atom. The molecule has 1 N–H and O–H groups in total. The van der Waals surface area contributed by atoms with Gasteiger partial charge in [0.2, 0.25) is 0 Å². The average Bonchev–Trinajstić information content (AvgIpc) is 2.96. The third-order valence-electron chi connectivity index (χ3n) is 3.00. The fourth-order valence-corrected chi connectivity index (χ4v) is 1.68. The van der Waals surface area contributed by atoms with E-state index in [1.54, 1.807) is 6.33 Å². The second kappa shape index (κ2) is 4.75. The summed E-state index contributed by atoms with van der Waals surface area (Å²) in [6.07, 6.45) is 6.59. The summed E-state index contributed by atoms with van der Waals surface area (Å²) in [5.41, 5.74) is 0. The Bertz CT molecular complexity index is 303. The van der Waals surface area contributed by atoms with E-state index in [4.69, 9.17) is 0 Å². The van der Waals surface area contributed by atoms with Crippen molar-refractivity contribution in [1.29, 1.82) is 0 Å². The van der Waals surface area contributed by atoms with E-state index in [-0.39, 0.29) is 0 Å². The Labute approximate surface area is 91.1 Å². The zero-order valence-electron chi connectivity index (χ0n) is 9.61. The standard InChI is InChI=1S/C11H20N4/c1-9(7-12-10-4-5-10)3-6-11-13-8-14-15(11)2/h8-10,12H,3-7H2,1-2H3. The average molecular weight is 208 g/mol. The Balaban J connectivity index is 1.65.